The number of benzene rings is 1. The molecule has 0 radical (unpaired) electrons. The fraction of sp³-hybridized carbons (Fsp3) is 0.435. The number of likely N-dealkylation sites (tertiary alicyclic amines) is 1. The number of pyridine rings is 1. The molecule has 4 rings (SSSR count). The van der Waals surface area contributed by atoms with Crippen molar-refractivity contribution in [3.8, 4) is 0 Å². The van der Waals surface area contributed by atoms with E-state index in [-0.39, 0.29) is 18.2 Å². The van der Waals surface area contributed by atoms with Crippen molar-refractivity contribution in [2.24, 2.45) is 0 Å². The Morgan fingerprint density at radius 1 is 1.00 bits per heavy atom. The summed E-state index contributed by atoms with van der Waals surface area (Å²) in [4.78, 5) is 24.1. The van der Waals surface area contributed by atoms with E-state index in [1.165, 1.54) is 31.5 Å². The van der Waals surface area contributed by atoms with Gasteiger partial charge in [-0.3, -0.25) is 14.1 Å². The number of rotatable bonds is 9. The summed E-state index contributed by atoms with van der Waals surface area (Å²) in [6.45, 7) is 3.94. The van der Waals surface area contributed by atoms with Crippen LogP contribution in [-0.4, -0.2) is 45.7 Å². The SMILES string of the molecule is Nc1nc(NCCCCF)c2c(=O)n(Cc3ccc(CN4CCCC4)cc3)ccc2n1. The lowest BCUT2D eigenvalue weighted by Gasteiger charge is -2.15. The fourth-order valence-electron chi connectivity index (χ4n) is 4.02. The van der Waals surface area contributed by atoms with Crippen LogP contribution in [0.15, 0.2) is 41.3 Å². The standard InChI is InChI=1S/C23H29FN6O/c24-10-1-2-11-26-21-20-19(27-23(25)28-21)9-14-30(22(20)31)16-18-7-5-17(6-8-18)15-29-12-3-4-13-29/h5-9,14H,1-4,10-13,15-16H2,(H3,25,26,27,28). The number of alkyl halides is 1. The first kappa shape index (κ1) is 21.2. The van der Waals surface area contributed by atoms with Gasteiger partial charge in [-0.25, -0.2) is 4.98 Å². The molecule has 1 aliphatic rings. The third kappa shape index (κ3) is 5.19. The molecule has 0 saturated carbocycles. The second-order valence-corrected chi connectivity index (χ2v) is 8.06. The minimum absolute atomic E-state index is 0.103. The Morgan fingerprint density at radius 3 is 2.42 bits per heavy atom. The second kappa shape index (κ2) is 9.87. The van der Waals surface area contributed by atoms with E-state index in [9.17, 15) is 9.18 Å². The number of anilines is 2. The fourth-order valence-corrected chi connectivity index (χ4v) is 4.02. The van der Waals surface area contributed by atoms with Gasteiger partial charge in [-0.1, -0.05) is 24.3 Å². The summed E-state index contributed by atoms with van der Waals surface area (Å²) in [6.07, 6.45) is 5.41. The smallest absolute Gasteiger partial charge is 0.264 e. The van der Waals surface area contributed by atoms with E-state index in [0.29, 0.717) is 42.7 Å². The van der Waals surface area contributed by atoms with E-state index in [0.717, 1.165) is 12.1 Å². The maximum Gasteiger partial charge on any atom is 0.264 e. The van der Waals surface area contributed by atoms with Crippen molar-refractivity contribution in [3.05, 3.63) is 58.0 Å². The number of nitrogens with zero attached hydrogens (tertiary/aromatic N) is 4. The Labute approximate surface area is 181 Å². The number of aromatic nitrogens is 3. The van der Waals surface area contributed by atoms with Crippen LogP contribution in [0.4, 0.5) is 16.2 Å². The van der Waals surface area contributed by atoms with Gasteiger partial charge >= 0.3 is 0 Å². The van der Waals surface area contributed by atoms with Crippen molar-refractivity contribution in [1.29, 1.82) is 0 Å². The summed E-state index contributed by atoms with van der Waals surface area (Å²) < 4.78 is 14.0. The molecule has 0 unspecified atom stereocenters. The zero-order chi connectivity index (χ0) is 21.6. The Hall–Kier alpha value is -3.00. The molecular formula is C23H29FN6O. The molecule has 0 spiro atoms. The van der Waals surface area contributed by atoms with Gasteiger partial charge in [-0.05, 0) is 56.0 Å². The molecule has 31 heavy (non-hydrogen) atoms. The highest BCUT2D eigenvalue weighted by Gasteiger charge is 2.13. The number of hydrogen-bond donors (Lipinski definition) is 2. The van der Waals surface area contributed by atoms with Crippen molar-refractivity contribution < 1.29 is 4.39 Å². The number of hydrogen-bond acceptors (Lipinski definition) is 6. The highest BCUT2D eigenvalue weighted by atomic mass is 19.1. The van der Waals surface area contributed by atoms with Crippen LogP contribution in [0, 0.1) is 0 Å². The quantitative estimate of drug-likeness (QED) is 0.513. The molecule has 1 saturated heterocycles. The van der Waals surface area contributed by atoms with Crippen LogP contribution in [0.1, 0.15) is 36.8 Å². The van der Waals surface area contributed by atoms with Crippen LogP contribution in [0.2, 0.25) is 0 Å². The molecular weight excluding hydrogens is 395 g/mol. The lowest BCUT2D eigenvalue weighted by Crippen LogP contribution is -2.22. The van der Waals surface area contributed by atoms with Crippen molar-refractivity contribution in [2.75, 3.05) is 37.4 Å². The third-order valence-electron chi connectivity index (χ3n) is 5.67. The molecule has 0 atom stereocenters. The van der Waals surface area contributed by atoms with E-state index in [4.69, 9.17) is 5.73 Å². The van der Waals surface area contributed by atoms with Crippen molar-refractivity contribution in [2.45, 2.75) is 38.8 Å². The van der Waals surface area contributed by atoms with Gasteiger partial charge in [0.1, 0.15) is 11.2 Å². The molecule has 0 bridgehead atoms. The summed E-state index contributed by atoms with van der Waals surface area (Å²) >= 11 is 0. The molecule has 7 nitrogen and oxygen atoms in total. The molecule has 1 fully saturated rings. The van der Waals surface area contributed by atoms with Gasteiger partial charge in [-0.15, -0.1) is 0 Å². The lowest BCUT2D eigenvalue weighted by molar-refractivity contribution is 0.331. The monoisotopic (exact) mass is 424 g/mol. The predicted octanol–water partition coefficient (Wildman–Crippen LogP) is 3.18. The average molecular weight is 425 g/mol. The van der Waals surface area contributed by atoms with Gasteiger partial charge < -0.3 is 15.6 Å². The Bertz CT molecular complexity index is 1080. The maximum atomic E-state index is 13.2. The Morgan fingerprint density at radius 2 is 1.71 bits per heavy atom. The summed E-state index contributed by atoms with van der Waals surface area (Å²) in [5.74, 6) is 0.507. The first-order valence-corrected chi connectivity index (χ1v) is 10.9. The van der Waals surface area contributed by atoms with Gasteiger partial charge in [0, 0.05) is 19.3 Å². The lowest BCUT2D eigenvalue weighted by atomic mass is 10.1. The van der Waals surface area contributed by atoms with Gasteiger partial charge in [0.15, 0.2) is 0 Å². The van der Waals surface area contributed by atoms with Crippen molar-refractivity contribution in [1.82, 2.24) is 19.4 Å². The molecule has 3 heterocycles. The normalized spacial score (nSPS) is 14.4. The molecule has 2 aromatic heterocycles. The Kier molecular flexibility index (Phi) is 6.76. The Balaban J connectivity index is 1.54. The molecule has 0 amide bonds. The summed E-state index contributed by atoms with van der Waals surface area (Å²) in [5, 5.41) is 3.53. The van der Waals surface area contributed by atoms with Gasteiger partial charge in [0.25, 0.3) is 5.56 Å². The van der Waals surface area contributed by atoms with Crippen LogP contribution in [0.5, 0.6) is 0 Å². The van der Waals surface area contributed by atoms with Gasteiger partial charge in [0.2, 0.25) is 5.95 Å². The van der Waals surface area contributed by atoms with Crippen LogP contribution in [0.25, 0.3) is 10.9 Å². The van der Waals surface area contributed by atoms with E-state index >= 15 is 0 Å². The summed E-state index contributed by atoms with van der Waals surface area (Å²) in [7, 11) is 0. The second-order valence-electron chi connectivity index (χ2n) is 8.06. The van der Waals surface area contributed by atoms with Crippen LogP contribution >= 0.6 is 0 Å². The number of unbranched alkanes of at least 4 members (excludes halogenated alkanes) is 1. The van der Waals surface area contributed by atoms with Crippen LogP contribution in [-0.2, 0) is 13.1 Å². The molecule has 0 aliphatic carbocycles. The van der Waals surface area contributed by atoms with Gasteiger partial charge in [-0.2, -0.15) is 4.98 Å². The number of nitrogens with one attached hydrogen (secondary N) is 1. The maximum absolute atomic E-state index is 13.2. The highest BCUT2D eigenvalue weighted by Crippen LogP contribution is 2.18. The minimum Gasteiger partial charge on any atom is -0.369 e. The van der Waals surface area contributed by atoms with Crippen LogP contribution in [0.3, 0.4) is 0 Å². The number of nitrogen functional groups attached to an aromatic ring is 1. The minimum atomic E-state index is -0.363. The van der Waals surface area contributed by atoms with E-state index in [1.54, 1.807) is 16.8 Å². The topological polar surface area (TPSA) is 89.1 Å². The zero-order valence-electron chi connectivity index (χ0n) is 17.7. The summed E-state index contributed by atoms with van der Waals surface area (Å²) in [6, 6.07) is 10.2. The van der Waals surface area contributed by atoms with E-state index in [1.807, 2.05) is 0 Å². The molecule has 164 valence electrons. The molecule has 1 aliphatic heterocycles. The molecule has 3 aromatic rings. The third-order valence-corrected chi connectivity index (χ3v) is 5.67. The number of halogens is 1. The van der Waals surface area contributed by atoms with Crippen LogP contribution < -0.4 is 16.6 Å². The van der Waals surface area contributed by atoms with E-state index in [2.05, 4.69) is 44.5 Å². The van der Waals surface area contributed by atoms with Crippen molar-refractivity contribution in [3.63, 3.8) is 0 Å². The van der Waals surface area contributed by atoms with Crippen molar-refractivity contribution >= 4 is 22.7 Å². The first-order chi connectivity index (χ1) is 15.1. The summed E-state index contributed by atoms with van der Waals surface area (Å²) in [5.41, 5.74) is 8.48. The number of fused-ring (bicyclic) bond motifs is 1. The van der Waals surface area contributed by atoms with E-state index < -0.39 is 0 Å². The molecule has 1 aromatic carbocycles. The van der Waals surface area contributed by atoms with Gasteiger partial charge in [0.05, 0.1) is 18.7 Å². The molecule has 8 heteroatoms. The average Bonchev–Trinajstić information content (AvgIpc) is 3.27. The highest BCUT2D eigenvalue weighted by molar-refractivity contribution is 5.89. The predicted molar refractivity (Wildman–Crippen MR) is 122 cm³/mol. The number of nitrogens with two attached hydrogens (primary N) is 1. The first-order valence-electron chi connectivity index (χ1n) is 10.9. The largest absolute Gasteiger partial charge is 0.369 e. The zero-order valence-corrected chi connectivity index (χ0v) is 17.7. The molecule has 3 N–H and O–H groups in total.